The summed E-state index contributed by atoms with van der Waals surface area (Å²) in [6.45, 7) is 23.8. The second-order valence-electron chi connectivity index (χ2n) is 12.1. The van der Waals surface area contributed by atoms with Crippen LogP contribution in [0.15, 0.2) is 54.1 Å². The summed E-state index contributed by atoms with van der Waals surface area (Å²) in [4.78, 5) is 0. The van der Waals surface area contributed by atoms with Gasteiger partial charge < -0.3 is 9.53 Å². The third-order valence-corrected chi connectivity index (χ3v) is 15.9. The Kier molecular flexibility index (Phi) is 9.37. The van der Waals surface area contributed by atoms with E-state index in [2.05, 4.69) is 96.9 Å². The molecule has 1 aliphatic carbocycles. The predicted octanol–water partition coefficient (Wildman–Crippen LogP) is 7.29. The summed E-state index contributed by atoms with van der Waals surface area (Å²) in [6, 6.07) is 12.4. The molecule has 3 atom stereocenters. The number of hydrogen-bond acceptors (Lipinski definition) is 2. The Morgan fingerprint density at radius 2 is 1.75 bits per heavy atom. The summed E-state index contributed by atoms with van der Waals surface area (Å²) in [6.07, 6.45) is 6.75. The van der Waals surface area contributed by atoms with Gasteiger partial charge in [0.2, 0.25) is 0 Å². The molecule has 1 aromatic carbocycles. The lowest BCUT2D eigenvalue weighted by atomic mass is 9.78. The van der Waals surface area contributed by atoms with Gasteiger partial charge in [-0.15, -0.1) is 0 Å². The number of rotatable bonds is 10. The highest BCUT2D eigenvalue weighted by molar-refractivity contribution is 6.89. The quantitative estimate of drug-likeness (QED) is 0.362. The maximum absolute atomic E-state index is 9.31. The first kappa shape index (κ1) is 27.3. The number of allylic oxidation sites excluding steroid dienone is 1. The Labute approximate surface area is 200 Å². The molecule has 1 N–H and O–H groups in total. The molecule has 0 heterocycles. The van der Waals surface area contributed by atoms with Crippen LogP contribution in [0.25, 0.3) is 0 Å². The lowest BCUT2D eigenvalue weighted by molar-refractivity contribution is 0.130. The van der Waals surface area contributed by atoms with E-state index in [0.29, 0.717) is 11.8 Å². The van der Waals surface area contributed by atoms with Crippen LogP contribution in [0.4, 0.5) is 0 Å². The Balaban J connectivity index is 2.28. The lowest BCUT2D eigenvalue weighted by Crippen LogP contribution is -2.47. The van der Waals surface area contributed by atoms with E-state index in [-0.39, 0.29) is 17.7 Å². The van der Waals surface area contributed by atoms with Gasteiger partial charge in [-0.2, -0.15) is 0 Å². The minimum Gasteiger partial charge on any atom is -0.413 e. The van der Waals surface area contributed by atoms with Crippen molar-refractivity contribution >= 4 is 21.6 Å². The van der Waals surface area contributed by atoms with Crippen molar-refractivity contribution in [3.05, 3.63) is 54.1 Å². The van der Waals surface area contributed by atoms with Crippen molar-refractivity contribution in [3.63, 3.8) is 0 Å². The fraction of sp³-hybridized carbons (Fsp3) is 0.643. The van der Waals surface area contributed by atoms with Gasteiger partial charge in [0, 0.05) is 12.5 Å². The predicted molar refractivity (Wildman–Crippen MR) is 146 cm³/mol. The summed E-state index contributed by atoms with van der Waals surface area (Å²) in [5, 5.41) is 11.1. The molecule has 4 heteroatoms. The average Bonchev–Trinajstić information content (AvgIpc) is 2.71. The Bertz CT molecular complexity index is 774. The highest BCUT2D eigenvalue weighted by atomic mass is 28.4. The molecule has 0 fully saturated rings. The zero-order valence-electron chi connectivity index (χ0n) is 22.0. The Hall–Kier alpha value is -0.946. The standard InChI is InChI=1S/C28H48O2Si2/c1-22(14-13-18-29)26-21-24(17-19-31(6,7)25-15-11-10-12-16-25)27(20-23(26)2)30-32(8,9)28(3,4)5/h10-12,15-16,21-22,24,27,29H,2,13-14,17-20H2,1,3-9H3/t22-,24-,27+/m0/s1. The Morgan fingerprint density at radius 3 is 2.31 bits per heavy atom. The maximum Gasteiger partial charge on any atom is 0.192 e. The fourth-order valence-corrected chi connectivity index (χ4v) is 8.36. The van der Waals surface area contributed by atoms with Crippen LogP contribution >= 0.6 is 0 Å². The van der Waals surface area contributed by atoms with Crippen molar-refractivity contribution in [2.45, 2.75) is 96.8 Å². The summed E-state index contributed by atoms with van der Waals surface area (Å²) in [5.74, 6) is 0.891. The van der Waals surface area contributed by atoms with Crippen LogP contribution in [0.3, 0.4) is 0 Å². The molecule has 1 aromatic rings. The SMILES string of the molecule is C=C1C[C@@H](O[Si](C)(C)C(C)(C)C)[C@@H](CC[Si](C)(C)c2ccccc2)C=C1[C@@H](C)CCCO. The van der Waals surface area contributed by atoms with Crippen molar-refractivity contribution in [2.75, 3.05) is 6.61 Å². The van der Waals surface area contributed by atoms with Gasteiger partial charge in [-0.05, 0) is 60.9 Å². The van der Waals surface area contributed by atoms with E-state index < -0.39 is 16.4 Å². The van der Waals surface area contributed by atoms with Crippen LogP contribution < -0.4 is 5.19 Å². The molecule has 0 amide bonds. The Morgan fingerprint density at radius 1 is 1.12 bits per heavy atom. The first-order valence-corrected chi connectivity index (χ1v) is 18.6. The molecule has 2 nitrogen and oxygen atoms in total. The molecule has 2 rings (SSSR count). The number of hydrogen-bond donors (Lipinski definition) is 1. The third-order valence-electron chi connectivity index (χ3n) is 7.96. The van der Waals surface area contributed by atoms with Crippen LogP contribution in [0.5, 0.6) is 0 Å². The molecule has 0 spiro atoms. The van der Waals surface area contributed by atoms with Gasteiger partial charge in [0.25, 0.3) is 0 Å². The smallest absolute Gasteiger partial charge is 0.192 e. The van der Waals surface area contributed by atoms with E-state index in [4.69, 9.17) is 4.43 Å². The largest absolute Gasteiger partial charge is 0.413 e. The van der Waals surface area contributed by atoms with Gasteiger partial charge in [-0.25, -0.2) is 0 Å². The van der Waals surface area contributed by atoms with Crippen molar-refractivity contribution in [3.8, 4) is 0 Å². The molecule has 0 bridgehead atoms. The molecule has 0 aliphatic heterocycles. The summed E-state index contributed by atoms with van der Waals surface area (Å²) >= 11 is 0. The molecule has 0 unspecified atom stereocenters. The van der Waals surface area contributed by atoms with Gasteiger partial charge in [-0.1, -0.05) is 95.0 Å². The lowest BCUT2D eigenvalue weighted by Gasteiger charge is -2.44. The zero-order chi connectivity index (χ0) is 24.2. The highest BCUT2D eigenvalue weighted by Crippen LogP contribution is 2.43. The zero-order valence-corrected chi connectivity index (χ0v) is 24.0. The van der Waals surface area contributed by atoms with Gasteiger partial charge in [0.05, 0.1) is 14.2 Å². The van der Waals surface area contributed by atoms with E-state index in [1.807, 2.05) is 0 Å². The maximum atomic E-state index is 9.31. The number of benzene rings is 1. The van der Waals surface area contributed by atoms with E-state index in [1.165, 1.54) is 23.6 Å². The monoisotopic (exact) mass is 472 g/mol. The first-order valence-electron chi connectivity index (χ1n) is 12.5. The van der Waals surface area contributed by atoms with E-state index >= 15 is 0 Å². The van der Waals surface area contributed by atoms with Crippen LogP contribution in [0.2, 0.25) is 37.3 Å². The minimum atomic E-state index is -1.86. The molecule has 180 valence electrons. The fourth-order valence-electron chi connectivity index (χ4n) is 4.55. The number of aliphatic hydroxyl groups is 1. The summed E-state index contributed by atoms with van der Waals surface area (Å²) in [7, 11) is -3.37. The number of aliphatic hydroxyl groups excluding tert-OH is 1. The first-order chi connectivity index (χ1) is 14.8. The summed E-state index contributed by atoms with van der Waals surface area (Å²) < 4.78 is 7.02. The third kappa shape index (κ3) is 7.02. The molecule has 0 radical (unpaired) electrons. The van der Waals surface area contributed by atoms with Crippen molar-refractivity contribution < 1.29 is 9.53 Å². The average molecular weight is 473 g/mol. The van der Waals surface area contributed by atoms with Crippen molar-refractivity contribution in [1.29, 1.82) is 0 Å². The van der Waals surface area contributed by atoms with Crippen LogP contribution in [0, 0.1) is 11.8 Å². The highest BCUT2D eigenvalue weighted by Gasteiger charge is 2.42. The molecular weight excluding hydrogens is 424 g/mol. The molecule has 32 heavy (non-hydrogen) atoms. The normalized spacial score (nSPS) is 21.4. The van der Waals surface area contributed by atoms with Crippen LogP contribution in [0.1, 0.15) is 53.4 Å². The molecule has 0 saturated carbocycles. The van der Waals surface area contributed by atoms with E-state index in [9.17, 15) is 5.11 Å². The van der Waals surface area contributed by atoms with Crippen LogP contribution in [-0.4, -0.2) is 34.2 Å². The topological polar surface area (TPSA) is 29.5 Å². The van der Waals surface area contributed by atoms with Crippen LogP contribution in [-0.2, 0) is 4.43 Å². The molecule has 0 saturated heterocycles. The van der Waals surface area contributed by atoms with Gasteiger partial charge in [-0.3, -0.25) is 0 Å². The molecule has 1 aliphatic rings. The second kappa shape index (κ2) is 11.0. The second-order valence-corrected chi connectivity index (χ2v) is 21.7. The van der Waals surface area contributed by atoms with Gasteiger partial charge in [0.15, 0.2) is 8.32 Å². The van der Waals surface area contributed by atoms with E-state index in [1.54, 1.807) is 5.19 Å². The van der Waals surface area contributed by atoms with Gasteiger partial charge >= 0.3 is 0 Å². The molecular formula is C28H48O2Si2. The van der Waals surface area contributed by atoms with Gasteiger partial charge in [0.1, 0.15) is 0 Å². The van der Waals surface area contributed by atoms with E-state index in [0.717, 1.165) is 19.3 Å². The molecule has 0 aromatic heterocycles. The summed E-state index contributed by atoms with van der Waals surface area (Å²) in [5.41, 5.74) is 2.66. The minimum absolute atomic E-state index is 0.204. The van der Waals surface area contributed by atoms with Crippen molar-refractivity contribution in [1.82, 2.24) is 0 Å². The van der Waals surface area contributed by atoms with Crippen molar-refractivity contribution in [2.24, 2.45) is 11.8 Å².